The predicted octanol–water partition coefficient (Wildman–Crippen LogP) is 16.1. The summed E-state index contributed by atoms with van der Waals surface area (Å²) in [4.78, 5) is 4.67. The first-order valence-corrected chi connectivity index (χ1v) is 20.6. The zero-order valence-corrected chi connectivity index (χ0v) is 33.2. The SMILES string of the molecule is Cc1ccc2c(ccc3cc(-c4cc(-c5ccc(N(C6=CCCC=C6)c6ccccc6)cc5)cc(-c5ccc(N(c6ccccc6)c6ccccc6)cc5)c4)ccc32)c1. The molecule has 0 radical (unpaired) electrons. The minimum Gasteiger partial charge on any atom is -0.311 e. The van der Waals surface area contributed by atoms with Crippen LogP contribution in [0, 0.1) is 6.92 Å². The van der Waals surface area contributed by atoms with Crippen LogP contribution in [0.3, 0.4) is 0 Å². The number of allylic oxidation sites excluding steroid dienone is 3. The standard InChI is InChI=1S/C57H44N2/c1-41-22-34-56-45(36-41)23-24-46-37-44(29-35-57(46)56)49-39-47(42-25-30-54(31-26-42)58(50-14-6-2-7-15-50)51-16-8-3-9-17-51)38-48(40-49)43-27-32-55(33-28-43)59(52-18-10-4-11-19-52)53-20-12-5-13-21-53/h2-4,6-12,14-40H,5,13H2,1H3. The number of anilines is 5. The molecular weight excluding hydrogens is 713 g/mol. The van der Waals surface area contributed by atoms with Gasteiger partial charge in [0.1, 0.15) is 0 Å². The molecule has 282 valence electrons. The summed E-state index contributed by atoms with van der Waals surface area (Å²) in [6.45, 7) is 2.16. The topological polar surface area (TPSA) is 6.48 Å². The molecule has 2 nitrogen and oxygen atoms in total. The fourth-order valence-electron chi connectivity index (χ4n) is 8.49. The van der Waals surface area contributed by atoms with E-state index in [4.69, 9.17) is 0 Å². The van der Waals surface area contributed by atoms with E-state index in [0.29, 0.717) is 0 Å². The Kier molecular flexibility index (Phi) is 9.66. The third-order valence-corrected chi connectivity index (χ3v) is 11.5. The molecule has 9 aromatic rings. The molecule has 0 atom stereocenters. The highest BCUT2D eigenvalue weighted by atomic mass is 15.1. The van der Waals surface area contributed by atoms with Gasteiger partial charge in [0.05, 0.1) is 0 Å². The molecule has 9 aromatic carbocycles. The first-order chi connectivity index (χ1) is 29.1. The van der Waals surface area contributed by atoms with E-state index < -0.39 is 0 Å². The van der Waals surface area contributed by atoms with Crippen molar-refractivity contribution in [2.75, 3.05) is 9.80 Å². The molecule has 0 bridgehead atoms. The highest BCUT2D eigenvalue weighted by Gasteiger charge is 2.16. The van der Waals surface area contributed by atoms with E-state index in [1.54, 1.807) is 0 Å². The maximum atomic E-state index is 2.36. The van der Waals surface area contributed by atoms with Gasteiger partial charge < -0.3 is 9.80 Å². The number of hydrogen-bond donors (Lipinski definition) is 0. The number of benzene rings is 9. The van der Waals surface area contributed by atoms with Crippen molar-refractivity contribution in [3.05, 3.63) is 236 Å². The van der Waals surface area contributed by atoms with Gasteiger partial charge in [-0.2, -0.15) is 0 Å². The molecule has 59 heavy (non-hydrogen) atoms. The van der Waals surface area contributed by atoms with Crippen LogP contribution in [-0.4, -0.2) is 0 Å². The van der Waals surface area contributed by atoms with Gasteiger partial charge in [0.15, 0.2) is 0 Å². The Hall–Kier alpha value is -7.42. The van der Waals surface area contributed by atoms with Gasteiger partial charge in [-0.25, -0.2) is 0 Å². The fraction of sp³-hybridized carbons (Fsp3) is 0.0526. The second-order valence-electron chi connectivity index (χ2n) is 15.4. The van der Waals surface area contributed by atoms with Crippen LogP contribution in [0.15, 0.2) is 230 Å². The Morgan fingerprint density at radius 1 is 0.339 bits per heavy atom. The van der Waals surface area contributed by atoms with Crippen molar-refractivity contribution in [3.8, 4) is 33.4 Å². The quantitative estimate of drug-likeness (QED) is 0.135. The Labute approximate surface area is 347 Å². The first kappa shape index (κ1) is 36.0. The van der Waals surface area contributed by atoms with Gasteiger partial charge in [0, 0.05) is 34.1 Å². The third-order valence-electron chi connectivity index (χ3n) is 11.5. The summed E-state index contributed by atoms with van der Waals surface area (Å²) < 4.78 is 0. The largest absolute Gasteiger partial charge is 0.311 e. The van der Waals surface area contributed by atoms with Gasteiger partial charge in [-0.1, -0.05) is 139 Å². The van der Waals surface area contributed by atoms with Gasteiger partial charge >= 0.3 is 0 Å². The highest BCUT2D eigenvalue weighted by molar-refractivity contribution is 6.08. The third kappa shape index (κ3) is 7.33. The lowest BCUT2D eigenvalue weighted by atomic mass is 9.91. The van der Waals surface area contributed by atoms with E-state index in [9.17, 15) is 0 Å². The van der Waals surface area contributed by atoms with Crippen LogP contribution < -0.4 is 9.80 Å². The van der Waals surface area contributed by atoms with E-state index in [-0.39, 0.29) is 0 Å². The molecule has 2 heteroatoms. The molecule has 0 heterocycles. The highest BCUT2D eigenvalue weighted by Crippen LogP contribution is 2.40. The summed E-state index contributed by atoms with van der Waals surface area (Å²) in [6.07, 6.45) is 8.99. The lowest BCUT2D eigenvalue weighted by Crippen LogP contribution is -2.16. The van der Waals surface area contributed by atoms with Crippen LogP contribution in [0.1, 0.15) is 18.4 Å². The average Bonchev–Trinajstić information content (AvgIpc) is 3.30. The zero-order valence-electron chi connectivity index (χ0n) is 33.2. The molecule has 0 amide bonds. The lowest BCUT2D eigenvalue weighted by molar-refractivity contribution is 0.997. The van der Waals surface area contributed by atoms with Crippen LogP contribution in [0.25, 0.3) is 54.9 Å². The van der Waals surface area contributed by atoms with E-state index in [2.05, 4.69) is 241 Å². The number of aryl methyl sites for hydroxylation is 1. The van der Waals surface area contributed by atoms with Crippen LogP contribution in [-0.2, 0) is 0 Å². The molecule has 1 aliphatic carbocycles. The predicted molar refractivity (Wildman–Crippen MR) is 252 cm³/mol. The van der Waals surface area contributed by atoms with Gasteiger partial charge in [-0.15, -0.1) is 0 Å². The number of hydrogen-bond acceptors (Lipinski definition) is 2. The molecule has 0 saturated heterocycles. The Morgan fingerprint density at radius 3 is 1.31 bits per heavy atom. The second kappa shape index (κ2) is 15.8. The molecule has 0 fully saturated rings. The van der Waals surface area contributed by atoms with Gasteiger partial charge in [0.25, 0.3) is 0 Å². The smallest absolute Gasteiger partial charge is 0.0462 e. The van der Waals surface area contributed by atoms with Crippen LogP contribution >= 0.6 is 0 Å². The molecule has 10 rings (SSSR count). The molecule has 0 unspecified atom stereocenters. The molecular formula is C57H44N2. The maximum Gasteiger partial charge on any atom is 0.0462 e. The molecule has 0 aromatic heterocycles. The van der Waals surface area contributed by atoms with Crippen LogP contribution in [0.2, 0.25) is 0 Å². The summed E-state index contributed by atoms with van der Waals surface area (Å²) in [5, 5.41) is 5.09. The molecule has 0 saturated carbocycles. The van der Waals surface area contributed by atoms with Crippen molar-refractivity contribution in [2.24, 2.45) is 0 Å². The molecule has 0 aliphatic heterocycles. The van der Waals surface area contributed by atoms with Gasteiger partial charge in [-0.05, 0) is 166 Å². The Balaban J connectivity index is 1.07. The van der Waals surface area contributed by atoms with Crippen molar-refractivity contribution in [3.63, 3.8) is 0 Å². The Morgan fingerprint density at radius 2 is 0.780 bits per heavy atom. The van der Waals surface area contributed by atoms with Crippen molar-refractivity contribution in [2.45, 2.75) is 19.8 Å². The van der Waals surface area contributed by atoms with Crippen LogP contribution in [0.4, 0.5) is 28.4 Å². The number of fused-ring (bicyclic) bond motifs is 3. The zero-order chi connectivity index (χ0) is 39.5. The number of para-hydroxylation sites is 3. The van der Waals surface area contributed by atoms with Gasteiger partial charge in [-0.3, -0.25) is 0 Å². The van der Waals surface area contributed by atoms with E-state index in [1.807, 2.05) is 0 Å². The van der Waals surface area contributed by atoms with E-state index in [0.717, 1.165) is 41.3 Å². The first-order valence-electron chi connectivity index (χ1n) is 20.6. The minimum absolute atomic E-state index is 1.05. The van der Waals surface area contributed by atoms with Gasteiger partial charge in [0.2, 0.25) is 0 Å². The van der Waals surface area contributed by atoms with Crippen molar-refractivity contribution in [1.82, 2.24) is 0 Å². The normalized spacial score (nSPS) is 12.4. The monoisotopic (exact) mass is 756 g/mol. The van der Waals surface area contributed by atoms with Crippen molar-refractivity contribution < 1.29 is 0 Å². The summed E-state index contributed by atoms with van der Waals surface area (Å²) in [5.74, 6) is 0. The van der Waals surface area contributed by atoms with E-state index in [1.165, 1.54) is 66.2 Å². The number of nitrogens with zero attached hydrogens (tertiary/aromatic N) is 2. The van der Waals surface area contributed by atoms with E-state index >= 15 is 0 Å². The van der Waals surface area contributed by atoms with Crippen molar-refractivity contribution in [1.29, 1.82) is 0 Å². The average molecular weight is 757 g/mol. The molecule has 0 N–H and O–H groups in total. The second-order valence-corrected chi connectivity index (χ2v) is 15.4. The number of rotatable bonds is 9. The maximum absolute atomic E-state index is 2.36. The summed E-state index contributed by atoms with van der Waals surface area (Å²) in [6, 6.07) is 75.2. The Bertz CT molecular complexity index is 2920. The van der Waals surface area contributed by atoms with Crippen molar-refractivity contribution >= 4 is 50.0 Å². The summed E-state index contributed by atoms with van der Waals surface area (Å²) in [7, 11) is 0. The lowest BCUT2D eigenvalue weighted by Gasteiger charge is -2.27. The van der Waals surface area contributed by atoms with Crippen LogP contribution in [0.5, 0.6) is 0 Å². The summed E-state index contributed by atoms with van der Waals surface area (Å²) >= 11 is 0. The summed E-state index contributed by atoms with van der Waals surface area (Å²) in [5.41, 5.74) is 15.2. The molecule has 0 spiro atoms. The molecule has 1 aliphatic rings. The minimum atomic E-state index is 1.05. The fourth-order valence-corrected chi connectivity index (χ4v) is 8.49.